The molecule has 0 radical (unpaired) electrons. The lowest BCUT2D eigenvalue weighted by Gasteiger charge is -2.33. The van der Waals surface area contributed by atoms with Crippen molar-refractivity contribution >= 4 is 50.7 Å². The number of amides is 2. The molecule has 11 heteroatoms. The van der Waals surface area contributed by atoms with Gasteiger partial charge in [-0.25, -0.2) is 12.8 Å². The molecule has 7 nitrogen and oxygen atoms in total. The first-order chi connectivity index (χ1) is 15.6. The SMILES string of the molecule is CC(C(=O)NC(C)(C)C)N(Cc1ccc(Cl)cc1)C(=O)CN(c1ccc(F)c(Cl)c1)S(C)(=O)=O. The number of nitrogens with zero attached hydrogens (tertiary/aromatic N) is 2. The van der Waals surface area contributed by atoms with Gasteiger partial charge in [0, 0.05) is 17.1 Å². The van der Waals surface area contributed by atoms with Gasteiger partial charge in [-0.05, 0) is 63.6 Å². The molecular formula is C23H28Cl2FN3O4S. The van der Waals surface area contributed by atoms with Crippen LogP contribution in [-0.4, -0.2) is 49.5 Å². The number of rotatable bonds is 8. The van der Waals surface area contributed by atoms with Crippen LogP contribution in [0.2, 0.25) is 10.0 Å². The molecule has 34 heavy (non-hydrogen) atoms. The van der Waals surface area contributed by atoms with Crippen molar-refractivity contribution in [3.8, 4) is 0 Å². The number of hydrogen-bond donors (Lipinski definition) is 1. The minimum absolute atomic E-state index is 0.0282. The van der Waals surface area contributed by atoms with Crippen molar-refractivity contribution in [1.29, 1.82) is 0 Å². The van der Waals surface area contributed by atoms with Crippen molar-refractivity contribution < 1.29 is 22.4 Å². The standard InChI is InChI=1S/C23H28Cl2FN3O4S/c1-15(22(31)27-23(2,3)4)28(13-16-6-8-17(24)9-7-16)21(30)14-29(34(5,32)33)18-10-11-20(26)19(25)12-18/h6-12,15H,13-14H2,1-5H3,(H,27,31). The molecule has 2 amide bonds. The molecular weight excluding hydrogens is 504 g/mol. The second kappa shape index (κ2) is 10.9. The van der Waals surface area contributed by atoms with Gasteiger partial charge in [0.2, 0.25) is 21.8 Å². The molecule has 0 fully saturated rings. The summed E-state index contributed by atoms with van der Waals surface area (Å²) in [5.74, 6) is -1.75. The van der Waals surface area contributed by atoms with E-state index in [4.69, 9.17) is 23.2 Å². The van der Waals surface area contributed by atoms with Crippen molar-refractivity contribution in [2.45, 2.75) is 45.8 Å². The maximum atomic E-state index is 13.6. The van der Waals surface area contributed by atoms with Gasteiger partial charge in [-0.3, -0.25) is 13.9 Å². The normalized spacial score (nSPS) is 12.7. The first kappa shape index (κ1) is 27.9. The summed E-state index contributed by atoms with van der Waals surface area (Å²) in [6.45, 7) is 6.43. The third-order valence-corrected chi connectivity index (χ3v) is 6.48. The fourth-order valence-electron chi connectivity index (χ4n) is 3.10. The molecule has 0 aromatic heterocycles. The van der Waals surface area contributed by atoms with Gasteiger partial charge in [-0.15, -0.1) is 0 Å². The van der Waals surface area contributed by atoms with Crippen LogP contribution in [0.25, 0.3) is 0 Å². The molecule has 0 aliphatic rings. The molecule has 1 N–H and O–H groups in total. The highest BCUT2D eigenvalue weighted by molar-refractivity contribution is 7.92. The summed E-state index contributed by atoms with van der Waals surface area (Å²) in [5.41, 5.74) is 0.189. The molecule has 0 aliphatic heterocycles. The summed E-state index contributed by atoms with van der Waals surface area (Å²) in [4.78, 5) is 27.6. The van der Waals surface area contributed by atoms with Crippen molar-refractivity contribution in [1.82, 2.24) is 10.2 Å². The van der Waals surface area contributed by atoms with Crippen molar-refractivity contribution in [3.05, 3.63) is 63.9 Å². The Morgan fingerprint density at radius 3 is 2.18 bits per heavy atom. The fourth-order valence-corrected chi connectivity index (χ4v) is 4.24. The molecule has 0 saturated carbocycles. The molecule has 1 unspecified atom stereocenters. The monoisotopic (exact) mass is 531 g/mol. The topological polar surface area (TPSA) is 86.8 Å². The smallest absolute Gasteiger partial charge is 0.244 e. The van der Waals surface area contributed by atoms with Crippen molar-refractivity contribution in [2.75, 3.05) is 17.1 Å². The predicted molar refractivity (Wildman–Crippen MR) is 133 cm³/mol. The average molecular weight is 532 g/mol. The summed E-state index contributed by atoms with van der Waals surface area (Å²) in [6.07, 6.45) is 0.927. The van der Waals surface area contributed by atoms with Gasteiger partial charge < -0.3 is 10.2 Å². The molecule has 2 aromatic rings. The van der Waals surface area contributed by atoms with E-state index in [9.17, 15) is 22.4 Å². The Morgan fingerprint density at radius 2 is 1.68 bits per heavy atom. The molecule has 0 heterocycles. The summed E-state index contributed by atoms with van der Waals surface area (Å²) >= 11 is 11.8. The fraction of sp³-hybridized carbons (Fsp3) is 0.391. The largest absolute Gasteiger partial charge is 0.350 e. The van der Waals surface area contributed by atoms with Gasteiger partial charge in [0.05, 0.1) is 17.0 Å². The summed E-state index contributed by atoms with van der Waals surface area (Å²) in [5, 5.41) is 3.06. The first-order valence-corrected chi connectivity index (χ1v) is 13.0. The van der Waals surface area contributed by atoms with E-state index in [1.165, 1.54) is 11.0 Å². The Balaban J connectivity index is 2.41. The molecule has 186 valence electrons. The maximum absolute atomic E-state index is 13.6. The van der Waals surface area contributed by atoms with Crippen molar-refractivity contribution in [2.24, 2.45) is 0 Å². The van der Waals surface area contributed by atoms with Gasteiger partial charge >= 0.3 is 0 Å². The van der Waals surface area contributed by atoms with E-state index in [-0.39, 0.29) is 17.3 Å². The van der Waals surface area contributed by atoms with E-state index in [0.717, 1.165) is 22.7 Å². The summed E-state index contributed by atoms with van der Waals surface area (Å²) in [7, 11) is -3.94. The minimum atomic E-state index is -3.94. The number of sulfonamides is 1. The zero-order valence-electron chi connectivity index (χ0n) is 19.6. The Morgan fingerprint density at radius 1 is 1.09 bits per heavy atom. The molecule has 2 rings (SSSR count). The second-order valence-corrected chi connectivity index (χ2v) is 11.7. The van der Waals surface area contributed by atoms with Crippen LogP contribution in [0, 0.1) is 5.82 Å². The number of anilines is 1. The Kier molecular flexibility index (Phi) is 8.96. The molecule has 0 spiro atoms. The van der Waals surface area contributed by atoms with Crippen LogP contribution in [0.3, 0.4) is 0 Å². The quantitative estimate of drug-likeness (QED) is 0.552. The third kappa shape index (κ3) is 7.85. The number of halogens is 3. The van der Waals surface area contributed by atoms with Crippen LogP contribution in [-0.2, 0) is 26.2 Å². The van der Waals surface area contributed by atoms with Crippen LogP contribution in [0.4, 0.5) is 10.1 Å². The summed E-state index contributed by atoms with van der Waals surface area (Å²) < 4.78 is 39.4. The third-order valence-electron chi connectivity index (χ3n) is 4.80. The highest BCUT2D eigenvalue weighted by Gasteiger charge is 2.31. The number of carbonyl (C=O) groups is 2. The summed E-state index contributed by atoms with van der Waals surface area (Å²) in [6, 6.07) is 9.19. The van der Waals surface area contributed by atoms with Gasteiger partial charge in [0.1, 0.15) is 18.4 Å². The van der Waals surface area contributed by atoms with E-state index < -0.39 is 45.8 Å². The Hall–Kier alpha value is -2.36. The minimum Gasteiger partial charge on any atom is -0.350 e. The van der Waals surface area contributed by atoms with Crippen LogP contribution in [0.1, 0.15) is 33.3 Å². The van der Waals surface area contributed by atoms with E-state index in [0.29, 0.717) is 10.6 Å². The average Bonchev–Trinajstić information content (AvgIpc) is 2.71. The van der Waals surface area contributed by atoms with E-state index >= 15 is 0 Å². The lowest BCUT2D eigenvalue weighted by atomic mass is 10.1. The van der Waals surface area contributed by atoms with Crippen LogP contribution >= 0.6 is 23.2 Å². The van der Waals surface area contributed by atoms with Gasteiger partial charge in [0.15, 0.2) is 0 Å². The molecule has 0 bridgehead atoms. The second-order valence-electron chi connectivity index (χ2n) is 8.93. The molecule has 2 aromatic carbocycles. The van der Waals surface area contributed by atoms with Gasteiger partial charge in [0.25, 0.3) is 0 Å². The highest BCUT2D eigenvalue weighted by Crippen LogP contribution is 2.25. The zero-order valence-corrected chi connectivity index (χ0v) is 21.9. The predicted octanol–water partition coefficient (Wildman–Crippen LogP) is 4.23. The first-order valence-electron chi connectivity index (χ1n) is 10.4. The number of hydrogen-bond acceptors (Lipinski definition) is 4. The van der Waals surface area contributed by atoms with Gasteiger partial charge in [-0.1, -0.05) is 35.3 Å². The Bertz CT molecular complexity index is 1150. The van der Waals surface area contributed by atoms with Gasteiger partial charge in [-0.2, -0.15) is 0 Å². The zero-order chi connectivity index (χ0) is 25.8. The van der Waals surface area contributed by atoms with Crippen LogP contribution in [0.5, 0.6) is 0 Å². The number of nitrogens with one attached hydrogen (secondary N) is 1. The lowest BCUT2D eigenvalue weighted by Crippen LogP contribution is -2.54. The van der Waals surface area contributed by atoms with E-state index in [1.807, 2.05) is 20.8 Å². The van der Waals surface area contributed by atoms with E-state index in [2.05, 4.69) is 5.32 Å². The van der Waals surface area contributed by atoms with Crippen LogP contribution in [0.15, 0.2) is 42.5 Å². The molecule has 0 aliphatic carbocycles. The maximum Gasteiger partial charge on any atom is 0.244 e. The molecule has 1 atom stereocenters. The lowest BCUT2D eigenvalue weighted by molar-refractivity contribution is -0.140. The van der Waals surface area contributed by atoms with Crippen molar-refractivity contribution in [3.63, 3.8) is 0 Å². The molecule has 0 saturated heterocycles. The highest BCUT2D eigenvalue weighted by atomic mass is 35.5. The van der Waals surface area contributed by atoms with Crippen LogP contribution < -0.4 is 9.62 Å². The van der Waals surface area contributed by atoms with E-state index in [1.54, 1.807) is 31.2 Å². The number of carbonyl (C=O) groups excluding carboxylic acids is 2. The number of benzene rings is 2. The Labute approximate surface area is 209 Å².